The molecule has 1 unspecified atom stereocenters. The molecule has 1 amide bonds. The molecule has 11 nitrogen and oxygen atoms in total. The van der Waals surface area contributed by atoms with E-state index in [1.54, 1.807) is 24.3 Å². The number of alkyl halides is 3. The maximum Gasteiger partial charge on any atom is 0.490 e. The number of rotatable bonds is 9. The van der Waals surface area contributed by atoms with E-state index in [-0.39, 0.29) is 16.8 Å². The number of amides is 1. The number of methoxy groups -OCH3 is 2. The Hall–Kier alpha value is -3.72. The van der Waals surface area contributed by atoms with Gasteiger partial charge in [-0.05, 0) is 43.7 Å². The van der Waals surface area contributed by atoms with Crippen LogP contribution in [0.5, 0.6) is 11.5 Å². The molecule has 1 saturated heterocycles. The summed E-state index contributed by atoms with van der Waals surface area (Å²) in [5, 5.41) is 13.3. The number of nitrogens with one attached hydrogen (secondary N) is 3. The Balaban J connectivity index is 0.000000708. The second kappa shape index (κ2) is 14.1. The molecule has 222 valence electrons. The van der Waals surface area contributed by atoms with E-state index >= 15 is 0 Å². The third kappa shape index (κ3) is 8.91. The number of nitrogens with zero attached hydrogens (tertiary/aromatic N) is 1. The summed E-state index contributed by atoms with van der Waals surface area (Å²) in [6.07, 6.45) is -4.29. The van der Waals surface area contributed by atoms with Crippen molar-refractivity contribution < 1.29 is 45.8 Å². The van der Waals surface area contributed by atoms with Crippen molar-refractivity contribution in [1.82, 2.24) is 10.6 Å². The van der Waals surface area contributed by atoms with Gasteiger partial charge in [-0.2, -0.15) is 13.2 Å². The molecular formula is C25H33F3N4O7S. The number of anilines is 2. The molecule has 40 heavy (non-hydrogen) atoms. The van der Waals surface area contributed by atoms with E-state index in [0.29, 0.717) is 22.7 Å². The Morgan fingerprint density at radius 2 is 1.68 bits per heavy atom. The molecule has 2 aromatic rings. The van der Waals surface area contributed by atoms with Crippen LogP contribution in [-0.2, 0) is 14.8 Å². The highest BCUT2D eigenvalue weighted by molar-refractivity contribution is 7.92. The zero-order valence-electron chi connectivity index (χ0n) is 22.5. The van der Waals surface area contributed by atoms with Gasteiger partial charge in [0.05, 0.1) is 30.5 Å². The molecule has 0 aliphatic carbocycles. The Bertz CT molecular complexity index is 1280. The first-order chi connectivity index (χ1) is 18.7. The predicted molar refractivity (Wildman–Crippen MR) is 143 cm³/mol. The summed E-state index contributed by atoms with van der Waals surface area (Å²) in [5.74, 6) is -2.26. The molecule has 1 aliphatic rings. The highest BCUT2D eigenvalue weighted by atomic mass is 32.2. The Labute approximate surface area is 230 Å². The minimum absolute atomic E-state index is 0.0113. The van der Waals surface area contributed by atoms with Crippen molar-refractivity contribution in [2.24, 2.45) is 0 Å². The molecule has 1 atom stereocenters. The van der Waals surface area contributed by atoms with Crippen molar-refractivity contribution >= 4 is 33.3 Å². The summed E-state index contributed by atoms with van der Waals surface area (Å²) < 4.78 is 71.4. The van der Waals surface area contributed by atoms with Crippen LogP contribution in [0.1, 0.15) is 30.6 Å². The van der Waals surface area contributed by atoms with Crippen molar-refractivity contribution in [3.63, 3.8) is 0 Å². The highest BCUT2D eigenvalue weighted by Crippen LogP contribution is 2.33. The number of halogens is 3. The largest absolute Gasteiger partial charge is 0.493 e. The van der Waals surface area contributed by atoms with E-state index in [1.165, 1.54) is 26.4 Å². The van der Waals surface area contributed by atoms with Crippen molar-refractivity contribution in [1.29, 1.82) is 0 Å². The fourth-order valence-electron chi connectivity index (χ4n) is 3.54. The minimum atomic E-state index is -5.08. The highest BCUT2D eigenvalue weighted by Gasteiger charge is 2.38. The third-order valence-electron chi connectivity index (χ3n) is 5.86. The predicted octanol–water partition coefficient (Wildman–Crippen LogP) is 3.08. The van der Waals surface area contributed by atoms with Crippen molar-refractivity contribution in [3.8, 4) is 11.5 Å². The number of carbonyl (C=O) groups is 2. The lowest BCUT2D eigenvalue weighted by Gasteiger charge is -2.31. The Morgan fingerprint density at radius 3 is 2.20 bits per heavy atom. The van der Waals surface area contributed by atoms with Crippen LogP contribution >= 0.6 is 0 Å². The number of piperazine rings is 1. The van der Waals surface area contributed by atoms with Gasteiger partial charge in [0.1, 0.15) is 0 Å². The molecule has 0 saturated carbocycles. The summed E-state index contributed by atoms with van der Waals surface area (Å²) in [4.78, 5) is 23.7. The summed E-state index contributed by atoms with van der Waals surface area (Å²) in [7, 11) is -1.03. The van der Waals surface area contributed by atoms with Gasteiger partial charge >= 0.3 is 12.1 Å². The summed E-state index contributed by atoms with van der Waals surface area (Å²) in [5.41, 5.74) is 1.46. The van der Waals surface area contributed by atoms with Gasteiger partial charge in [-0.15, -0.1) is 0 Å². The number of carbonyl (C=O) groups excluding carboxylic acids is 1. The topological polar surface area (TPSA) is 146 Å². The number of sulfonamides is 1. The lowest BCUT2D eigenvalue weighted by molar-refractivity contribution is -0.192. The molecular weight excluding hydrogens is 557 g/mol. The lowest BCUT2D eigenvalue weighted by Crippen LogP contribution is -2.43. The number of hydrogen-bond donors (Lipinski definition) is 4. The number of carboxylic acids is 1. The van der Waals surface area contributed by atoms with Crippen molar-refractivity contribution in [2.45, 2.75) is 37.4 Å². The van der Waals surface area contributed by atoms with Crippen LogP contribution in [0.2, 0.25) is 0 Å². The number of carboxylic acid groups (broad SMARTS) is 1. The molecule has 1 heterocycles. The van der Waals surface area contributed by atoms with Gasteiger partial charge in [0.25, 0.3) is 15.9 Å². The Kier molecular flexibility index (Phi) is 11.4. The monoisotopic (exact) mass is 590 g/mol. The van der Waals surface area contributed by atoms with Crippen LogP contribution in [0.15, 0.2) is 41.3 Å². The lowest BCUT2D eigenvalue weighted by atomic mass is 10.1. The zero-order chi connectivity index (χ0) is 30.1. The molecule has 0 aromatic heterocycles. The second-order valence-corrected chi connectivity index (χ2v) is 10.4. The van der Waals surface area contributed by atoms with Crippen LogP contribution in [0.3, 0.4) is 0 Å². The van der Waals surface area contributed by atoms with Crippen LogP contribution < -0.4 is 29.7 Å². The number of aliphatic carboxylic acids is 1. The molecule has 1 fully saturated rings. The van der Waals surface area contributed by atoms with Crippen molar-refractivity contribution in [2.75, 3.05) is 50.0 Å². The third-order valence-corrected chi connectivity index (χ3v) is 7.22. The van der Waals surface area contributed by atoms with E-state index < -0.39 is 22.2 Å². The van der Waals surface area contributed by atoms with E-state index in [1.807, 2.05) is 13.8 Å². The molecule has 1 aliphatic heterocycles. The van der Waals surface area contributed by atoms with Gasteiger partial charge < -0.3 is 30.1 Å². The Morgan fingerprint density at radius 1 is 1.07 bits per heavy atom. The average molecular weight is 591 g/mol. The molecule has 0 spiro atoms. The van der Waals surface area contributed by atoms with E-state index in [4.69, 9.17) is 19.4 Å². The summed E-state index contributed by atoms with van der Waals surface area (Å²) >= 11 is 0. The van der Waals surface area contributed by atoms with Gasteiger partial charge in [0, 0.05) is 43.9 Å². The van der Waals surface area contributed by atoms with E-state index in [9.17, 15) is 26.4 Å². The summed E-state index contributed by atoms with van der Waals surface area (Å²) in [6, 6.07) is 9.52. The van der Waals surface area contributed by atoms with Crippen LogP contribution in [0, 0.1) is 0 Å². The summed E-state index contributed by atoms with van der Waals surface area (Å²) in [6.45, 7) is 6.94. The van der Waals surface area contributed by atoms with E-state index in [0.717, 1.165) is 38.3 Å². The smallest absolute Gasteiger partial charge is 0.490 e. The maximum atomic E-state index is 13.3. The van der Waals surface area contributed by atoms with Crippen molar-refractivity contribution in [3.05, 3.63) is 42.0 Å². The van der Waals surface area contributed by atoms with Gasteiger partial charge in [0.15, 0.2) is 11.5 Å². The normalized spacial score (nSPS) is 14.3. The van der Waals surface area contributed by atoms with Gasteiger partial charge in [-0.25, -0.2) is 13.2 Å². The maximum absolute atomic E-state index is 13.3. The average Bonchev–Trinajstić information content (AvgIpc) is 2.92. The molecule has 15 heteroatoms. The SMILES string of the molecule is CCC(C)NC(=O)c1ccc(N2CCNCC2)c(NS(=O)(=O)c2ccc(OC)c(OC)c2)c1.O=C(O)C(F)(F)F. The number of ether oxygens (including phenoxy) is 2. The number of hydrogen-bond acceptors (Lipinski definition) is 8. The first-order valence-electron chi connectivity index (χ1n) is 12.2. The van der Waals surface area contributed by atoms with Gasteiger partial charge in [-0.1, -0.05) is 6.92 Å². The minimum Gasteiger partial charge on any atom is -0.493 e. The molecule has 2 aromatic carbocycles. The second-order valence-electron chi connectivity index (χ2n) is 8.68. The molecule has 3 rings (SSSR count). The fraction of sp³-hybridized carbons (Fsp3) is 0.440. The first-order valence-corrected chi connectivity index (χ1v) is 13.7. The first kappa shape index (κ1) is 32.5. The fourth-order valence-corrected chi connectivity index (χ4v) is 4.62. The van der Waals surface area contributed by atoms with Crippen LogP contribution in [-0.4, -0.2) is 78.0 Å². The van der Waals surface area contributed by atoms with E-state index in [2.05, 4.69) is 20.3 Å². The molecule has 0 bridgehead atoms. The van der Waals surface area contributed by atoms with Gasteiger partial charge in [0.2, 0.25) is 0 Å². The van der Waals surface area contributed by atoms with Crippen LogP contribution in [0.25, 0.3) is 0 Å². The van der Waals surface area contributed by atoms with Gasteiger partial charge in [-0.3, -0.25) is 9.52 Å². The number of benzene rings is 2. The zero-order valence-corrected chi connectivity index (χ0v) is 23.3. The van der Waals surface area contributed by atoms with Crippen LogP contribution in [0.4, 0.5) is 24.5 Å². The standard InChI is InChI=1S/C23H32N4O5S.C2HF3O2/c1-5-16(2)25-23(28)17-6-8-20(27-12-10-24-11-13-27)19(14-17)26-33(29,30)18-7-9-21(31-3)22(15-18)32-4;3-2(4,5)1(6)7/h6-9,14-16,24,26H,5,10-13H2,1-4H3,(H,25,28);(H,6,7). The quantitative estimate of drug-likeness (QED) is 0.346. The molecule has 0 radical (unpaired) electrons. The molecule has 4 N–H and O–H groups in total.